The number of benzene rings is 2. The van der Waals surface area contributed by atoms with Crippen molar-refractivity contribution in [3.63, 3.8) is 0 Å². The van der Waals surface area contributed by atoms with Crippen LogP contribution in [-0.4, -0.2) is 15.3 Å². The molecule has 4 nitrogen and oxygen atoms in total. The quantitative estimate of drug-likeness (QED) is 0.527. The lowest BCUT2D eigenvalue weighted by atomic mass is 10.1. The maximum atomic E-state index is 12.4. The minimum absolute atomic E-state index is 0.175. The van der Waals surface area contributed by atoms with E-state index in [1.807, 2.05) is 90.4 Å². The van der Waals surface area contributed by atoms with E-state index in [4.69, 9.17) is 4.98 Å². The van der Waals surface area contributed by atoms with E-state index in [1.54, 1.807) is 12.2 Å². The third-order valence-electron chi connectivity index (χ3n) is 4.37. The van der Waals surface area contributed by atoms with Crippen molar-refractivity contribution in [1.82, 2.24) is 9.38 Å². The first-order chi connectivity index (χ1) is 13.2. The van der Waals surface area contributed by atoms with Gasteiger partial charge in [-0.15, -0.1) is 0 Å². The third kappa shape index (κ3) is 3.65. The van der Waals surface area contributed by atoms with Crippen molar-refractivity contribution in [2.45, 2.75) is 6.92 Å². The minimum atomic E-state index is -0.175. The van der Waals surface area contributed by atoms with Gasteiger partial charge in [0.05, 0.1) is 11.4 Å². The molecule has 0 bridgehead atoms. The number of aromatic nitrogens is 2. The van der Waals surface area contributed by atoms with Gasteiger partial charge >= 0.3 is 0 Å². The first-order valence-corrected chi connectivity index (χ1v) is 8.78. The molecule has 0 aliphatic heterocycles. The van der Waals surface area contributed by atoms with Crippen molar-refractivity contribution in [2.75, 3.05) is 5.32 Å². The van der Waals surface area contributed by atoms with Crippen molar-refractivity contribution < 1.29 is 4.79 Å². The molecule has 0 radical (unpaired) electrons. The second-order valence-corrected chi connectivity index (χ2v) is 6.33. The van der Waals surface area contributed by atoms with Crippen molar-refractivity contribution in [2.24, 2.45) is 0 Å². The van der Waals surface area contributed by atoms with E-state index in [1.165, 1.54) is 0 Å². The molecule has 0 saturated heterocycles. The fraction of sp³-hybridized carbons (Fsp3) is 0.0435. The number of nitrogens with one attached hydrogen (secondary N) is 1. The summed E-state index contributed by atoms with van der Waals surface area (Å²) in [5.41, 5.74) is 5.46. The summed E-state index contributed by atoms with van der Waals surface area (Å²) >= 11 is 0. The Hall–Kier alpha value is -3.66. The zero-order valence-corrected chi connectivity index (χ0v) is 15.0. The highest BCUT2D eigenvalue weighted by molar-refractivity contribution is 6.04. The lowest BCUT2D eigenvalue weighted by Crippen LogP contribution is -2.08. The van der Waals surface area contributed by atoms with Crippen LogP contribution in [0.1, 0.15) is 11.1 Å². The zero-order valence-electron chi connectivity index (χ0n) is 15.0. The number of hydrogen-bond donors (Lipinski definition) is 1. The number of amides is 1. The predicted octanol–water partition coefficient (Wildman–Crippen LogP) is 4.96. The molecule has 2 aromatic heterocycles. The van der Waals surface area contributed by atoms with E-state index in [2.05, 4.69) is 5.32 Å². The van der Waals surface area contributed by atoms with E-state index in [0.29, 0.717) is 0 Å². The molecule has 1 amide bonds. The van der Waals surface area contributed by atoms with Crippen LogP contribution in [0.5, 0.6) is 0 Å². The SMILES string of the molecule is Cc1cccn2cc(-c3ccccc3NC(=O)/C=C/c3ccccc3)nc12. The van der Waals surface area contributed by atoms with Gasteiger partial charge in [0.2, 0.25) is 5.91 Å². The molecule has 0 atom stereocenters. The molecule has 4 heteroatoms. The highest BCUT2D eigenvalue weighted by Gasteiger charge is 2.11. The van der Waals surface area contributed by atoms with Gasteiger partial charge in [0.1, 0.15) is 5.65 Å². The zero-order chi connectivity index (χ0) is 18.6. The van der Waals surface area contributed by atoms with Crippen LogP contribution in [-0.2, 0) is 4.79 Å². The second-order valence-electron chi connectivity index (χ2n) is 6.33. The number of pyridine rings is 1. The number of fused-ring (bicyclic) bond motifs is 1. The molecule has 0 spiro atoms. The van der Waals surface area contributed by atoms with E-state index in [-0.39, 0.29) is 5.91 Å². The molecule has 4 aromatic rings. The first kappa shape index (κ1) is 16.8. The van der Waals surface area contributed by atoms with Crippen LogP contribution in [0.2, 0.25) is 0 Å². The van der Waals surface area contributed by atoms with Gasteiger partial charge < -0.3 is 9.72 Å². The normalized spacial score (nSPS) is 11.1. The van der Waals surface area contributed by atoms with E-state index in [0.717, 1.165) is 33.7 Å². The van der Waals surface area contributed by atoms with E-state index in [9.17, 15) is 4.79 Å². The van der Waals surface area contributed by atoms with Crippen molar-refractivity contribution >= 4 is 23.3 Å². The number of carbonyl (C=O) groups is 1. The molecule has 2 aromatic carbocycles. The van der Waals surface area contributed by atoms with Crippen LogP contribution in [0.25, 0.3) is 23.0 Å². The van der Waals surface area contributed by atoms with Gasteiger partial charge in [-0.2, -0.15) is 0 Å². The summed E-state index contributed by atoms with van der Waals surface area (Å²) in [5.74, 6) is -0.175. The Balaban J connectivity index is 1.62. The fourth-order valence-electron chi connectivity index (χ4n) is 3.01. The van der Waals surface area contributed by atoms with Gasteiger partial charge in [-0.3, -0.25) is 4.79 Å². The van der Waals surface area contributed by atoms with Gasteiger partial charge in [0.25, 0.3) is 0 Å². The lowest BCUT2D eigenvalue weighted by Gasteiger charge is -2.07. The highest BCUT2D eigenvalue weighted by atomic mass is 16.1. The number of imidazole rings is 1. The Morgan fingerprint density at radius 1 is 1.00 bits per heavy atom. The Labute approximate surface area is 157 Å². The summed E-state index contributed by atoms with van der Waals surface area (Å²) in [6, 6.07) is 21.5. The summed E-state index contributed by atoms with van der Waals surface area (Å²) in [6.07, 6.45) is 7.29. The molecular weight excluding hydrogens is 334 g/mol. The molecule has 0 saturated carbocycles. The average molecular weight is 353 g/mol. The Bertz CT molecular complexity index is 1130. The van der Waals surface area contributed by atoms with Crippen LogP contribution in [0.4, 0.5) is 5.69 Å². The number of rotatable bonds is 4. The highest BCUT2D eigenvalue weighted by Crippen LogP contribution is 2.28. The van der Waals surface area contributed by atoms with Crippen LogP contribution < -0.4 is 5.32 Å². The molecule has 1 N–H and O–H groups in total. The van der Waals surface area contributed by atoms with E-state index >= 15 is 0 Å². The Kier molecular flexibility index (Phi) is 4.54. The largest absolute Gasteiger partial charge is 0.322 e. The second kappa shape index (κ2) is 7.30. The standard InChI is InChI=1S/C23H19N3O/c1-17-8-7-15-26-16-21(25-23(17)26)19-11-5-6-12-20(19)24-22(27)14-13-18-9-3-2-4-10-18/h2-16H,1H3,(H,24,27)/b14-13+. The molecule has 0 aliphatic rings. The molecule has 0 aliphatic carbocycles. The number of nitrogens with zero attached hydrogens (tertiary/aromatic N) is 2. The van der Waals surface area contributed by atoms with Crippen molar-refractivity contribution in [3.05, 3.63) is 96.3 Å². The van der Waals surface area contributed by atoms with E-state index < -0.39 is 0 Å². The van der Waals surface area contributed by atoms with Crippen LogP contribution in [0, 0.1) is 6.92 Å². The summed E-state index contributed by atoms with van der Waals surface area (Å²) < 4.78 is 2.00. The lowest BCUT2D eigenvalue weighted by molar-refractivity contribution is -0.111. The monoisotopic (exact) mass is 353 g/mol. The molecule has 0 fully saturated rings. The number of aryl methyl sites for hydroxylation is 1. The third-order valence-corrected chi connectivity index (χ3v) is 4.37. The number of hydrogen-bond acceptors (Lipinski definition) is 2. The maximum absolute atomic E-state index is 12.4. The molecule has 2 heterocycles. The van der Waals surface area contributed by atoms with Crippen LogP contribution >= 0.6 is 0 Å². The van der Waals surface area contributed by atoms with Crippen LogP contribution in [0.3, 0.4) is 0 Å². The topological polar surface area (TPSA) is 46.4 Å². The van der Waals surface area contributed by atoms with Crippen molar-refractivity contribution in [3.8, 4) is 11.3 Å². The van der Waals surface area contributed by atoms with Gasteiger partial charge in [0.15, 0.2) is 0 Å². The summed E-state index contributed by atoms with van der Waals surface area (Å²) in [4.78, 5) is 17.1. The molecule has 4 rings (SSSR count). The van der Waals surface area contributed by atoms with Gasteiger partial charge in [-0.05, 0) is 36.3 Å². The molecule has 27 heavy (non-hydrogen) atoms. The first-order valence-electron chi connectivity index (χ1n) is 8.78. The summed E-state index contributed by atoms with van der Waals surface area (Å²) in [7, 11) is 0. The summed E-state index contributed by atoms with van der Waals surface area (Å²) in [5, 5.41) is 2.96. The summed E-state index contributed by atoms with van der Waals surface area (Å²) in [6.45, 7) is 2.04. The Morgan fingerprint density at radius 3 is 2.59 bits per heavy atom. The fourth-order valence-corrected chi connectivity index (χ4v) is 3.01. The van der Waals surface area contributed by atoms with Crippen LogP contribution in [0.15, 0.2) is 85.2 Å². The number of anilines is 1. The number of para-hydroxylation sites is 1. The average Bonchev–Trinajstić information content (AvgIpc) is 3.13. The van der Waals surface area contributed by atoms with Gasteiger partial charge in [-0.25, -0.2) is 4.98 Å². The van der Waals surface area contributed by atoms with Gasteiger partial charge in [-0.1, -0.05) is 54.6 Å². The minimum Gasteiger partial charge on any atom is -0.322 e. The Morgan fingerprint density at radius 2 is 1.78 bits per heavy atom. The van der Waals surface area contributed by atoms with Gasteiger partial charge in [0, 0.05) is 24.0 Å². The molecule has 0 unspecified atom stereocenters. The maximum Gasteiger partial charge on any atom is 0.248 e. The predicted molar refractivity (Wildman–Crippen MR) is 109 cm³/mol. The number of carbonyl (C=O) groups excluding carboxylic acids is 1. The van der Waals surface area contributed by atoms with Crippen molar-refractivity contribution in [1.29, 1.82) is 0 Å². The smallest absolute Gasteiger partial charge is 0.248 e. The molecular formula is C23H19N3O. The molecule has 132 valence electrons.